The molecule has 4 aromatic rings. The van der Waals surface area contributed by atoms with Crippen molar-refractivity contribution < 1.29 is 18.0 Å². The number of nitrogens with zero attached hydrogens (tertiary/aromatic N) is 8. The summed E-state index contributed by atoms with van der Waals surface area (Å²) < 4.78 is 40.7. The van der Waals surface area contributed by atoms with E-state index in [1.54, 1.807) is 6.20 Å². The predicted octanol–water partition coefficient (Wildman–Crippen LogP) is 3.46. The topological polar surface area (TPSA) is 120 Å². The van der Waals surface area contributed by atoms with Crippen molar-refractivity contribution in [1.29, 1.82) is 5.26 Å². The van der Waals surface area contributed by atoms with E-state index in [2.05, 4.69) is 36.0 Å². The molecule has 6 heterocycles. The fourth-order valence-corrected chi connectivity index (χ4v) is 5.60. The number of fused-ring (bicyclic) bond motifs is 1. The molecule has 39 heavy (non-hydrogen) atoms. The van der Waals surface area contributed by atoms with E-state index >= 15 is 0 Å². The molecule has 0 aromatic carbocycles. The first-order valence-electron chi connectivity index (χ1n) is 12.6. The number of amides is 1. The lowest BCUT2D eigenvalue weighted by molar-refractivity contribution is -0.145. The van der Waals surface area contributed by atoms with Crippen LogP contribution >= 0.6 is 0 Å². The first-order valence-corrected chi connectivity index (χ1v) is 12.6. The van der Waals surface area contributed by atoms with Gasteiger partial charge in [0, 0.05) is 68.0 Å². The third-order valence-corrected chi connectivity index (χ3v) is 7.64. The molecule has 2 aliphatic rings. The van der Waals surface area contributed by atoms with Crippen molar-refractivity contribution in [2.45, 2.75) is 37.0 Å². The van der Waals surface area contributed by atoms with Crippen LogP contribution in [0.5, 0.6) is 0 Å². The molecule has 2 saturated heterocycles. The fourth-order valence-electron chi connectivity index (χ4n) is 5.60. The minimum Gasteiger partial charge on any atom is -0.346 e. The molecule has 0 unspecified atom stereocenters. The number of hydrogen-bond acceptors (Lipinski definition) is 7. The second-order valence-corrected chi connectivity index (χ2v) is 10.0. The Morgan fingerprint density at radius 3 is 2.67 bits per heavy atom. The van der Waals surface area contributed by atoms with Crippen LogP contribution in [0, 0.1) is 11.3 Å². The van der Waals surface area contributed by atoms with E-state index in [9.17, 15) is 23.2 Å². The lowest BCUT2D eigenvalue weighted by Crippen LogP contribution is -2.66. The van der Waals surface area contributed by atoms with Gasteiger partial charge in [0.15, 0.2) is 0 Å². The zero-order valence-corrected chi connectivity index (χ0v) is 20.8. The Kier molecular flexibility index (Phi) is 6.06. The lowest BCUT2D eigenvalue weighted by atomic mass is 9.83. The van der Waals surface area contributed by atoms with Gasteiger partial charge in [0.1, 0.15) is 16.9 Å². The smallest absolute Gasteiger partial charge is 0.346 e. The molecule has 4 aromatic heterocycles. The molecule has 1 N–H and O–H groups in total. The van der Waals surface area contributed by atoms with Crippen LogP contribution in [-0.4, -0.2) is 77.6 Å². The van der Waals surface area contributed by atoms with Gasteiger partial charge in [-0.15, -0.1) is 0 Å². The van der Waals surface area contributed by atoms with E-state index in [0.717, 1.165) is 28.4 Å². The summed E-state index contributed by atoms with van der Waals surface area (Å²) in [5.41, 5.74) is 2.06. The van der Waals surface area contributed by atoms with Gasteiger partial charge < -0.3 is 9.88 Å². The summed E-state index contributed by atoms with van der Waals surface area (Å²) in [6.45, 7) is 2.13. The third kappa shape index (κ3) is 4.50. The van der Waals surface area contributed by atoms with Gasteiger partial charge in [-0.05, 0) is 36.6 Å². The number of nitrogens with one attached hydrogen (secondary N) is 1. The van der Waals surface area contributed by atoms with Gasteiger partial charge in [0.05, 0.1) is 18.7 Å². The summed E-state index contributed by atoms with van der Waals surface area (Å²) in [6.07, 6.45) is 5.31. The van der Waals surface area contributed by atoms with Crippen molar-refractivity contribution in [3.05, 3.63) is 60.7 Å². The molecule has 0 aliphatic carbocycles. The van der Waals surface area contributed by atoms with Gasteiger partial charge in [-0.25, -0.2) is 15.0 Å². The van der Waals surface area contributed by atoms with Crippen LogP contribution in [0.1, 0.15) is 35.6 Å². The minimum atomic E-state index is -4.71. The zero-order chi connectivity index (χ0) is 27.2. The molecule has 13 heteroatoms. The van der Waals surface area contributed by atoms with Crippen molar-refractivity contribution in [3.63, 3.8) is 0 Å². The van der Waals surface area contributed by atoms with E-state index < -0.39 is 23.4 Å². The Hall–Kier alpha value is -4.31. The molecule has 2 aliphatic heterocycles. The molecule has 0 bridgehead atoms. The van der Waals surface area contributed by atoms with Crippen LogP contribution in [0.15, 0.2) is 49.2 Å². The number of halogens is 3. The van der Waals surface area contributed by atoms with Gasteiger partial charge in [0.2, 0.25) is 5.82 Å². The van der Waals surface area contributed by atoms with Gasteiger partial charge in [0.25, 0.3) is 5.91 Å². The molecule has 6 rings (SSSR count). The quantitative estimate of drug-likeness (QED) is 0.416. The number of alkyl halides is 3. The summed E-state index contributed by atoms with van der Waals surface area (Å²) in [5.74, 6) is -1.85. The summed E-state index contributed by atoms with van der Waals surface area (Å²) in [6, 6.07) is 7.65. The van der Waals surface area contributed by atoms with Crippen LogP contribution in [0.3, 0.4) is 0 Å². The highest BCUT2D eigenvalue weighted by Gasteiger charge is 2.48. The maximum absolute atomic E-state index is 13.0. The Morgan fingerprint density at radius 1 is 1.15 bits per heavy atom. The number of hydrogen-bond donors (Lipinski definition) is 1. The monoisotopic (exact) mass is 535 g/mol. The van der Waals surface area contributed by atoms with E-state index in [-0.39, 0.29) is 11.7 Å². The van der Waals surface area contributed by atoms with Crippen molar-refractivity contribution in [2.24, 2.45) is 0 Å². The second kappa shape index (κ2) is 9.46. The molecule has 0 radical (unpaired) electrons. The molecule has 2 fully saturated rings. The van der Waals surface area contributed by atoms with Crippen LogP contribution in [0.25, 0.3) is 22.2 Å². The average molecular weight is 536 g/mol. The Labute approximate surface area is 221 Å². The van der Waals surface area contributed by atoms with Crippen molar-refractivity contribution >= 4 is 16.9 Å². The van der Waals surface area contributed by atoms with Gasteiger partial charge in [-0.2, -0.15) is 23.5 Å². The molecule has 1 amide bonds. The number of nitriles is 1. The van der Waals surface area contributed by atoms with Crippen LogP contribution in [-0.2, 0) is 11.7 Å². The molecule has 0 spiro atoms. The Morgan fingerprint density at radius 2 is 1.92 bits per heavy atom. The minimum absolute atomic E-state index is 0.201. The van der Waals surface area contributed by atoms with E-state index in [0.29, 0.717) is 45.4 Å². The highest BCUT2D eigenvalue weighted by atomic mass is 19.4. The Bertz CT molecular complexity index is 1560. The molecular formula is C26H24F3N9O. The van der Waals surface area contributed by atoms with E-state index in [1.165, 1.54) is 11.0 Å². The van der Waals surface area contributed by atoms with Crippen LogP contribution < -0.4 is 0 Å². The van der Waals surface area contributed by atoms with E-state index in [1.807, 2.05) is 35.4 Å². The number of rotatable bonds is 5. The van der Waals surface area contributed by atoms with Crippen LogP contribution in [0.2, 0.25) is 0 Å². The fraction of sp³-hybridized carbons (Fsp3) is 0.385. The van der Waals surface area contributed by atoms with Crippen LogP contribution in [0.4, 0.5) is 13.2 Å². The number of aromatic amines is 1. The molecule has 200 valence electrons. The lowest BCUT2D eigenvalue weighted by Gasteiger charge is -2.53. The van der Waals surface area contributed by atoms with Crippen molar-refractivity contribution in [3.8, 4) is 17.2 Å². The van der Waals surface area contributed by atoms with Crippen molar-refractivity contribution in [1.82, 2.24) is 39.5 Å². The number of carbonyl (C=O) groups excluding carboxylic acids is 1. The Balaban J connectivity index is 1.11. The summed E-state index contributed by atoms with van der Waals surface area (Å²) >= 11 is 0. The molecule has 0 saturated carbocycles. The SMILES string of the molecule is N#CCC1(n2cc(-c3ccnc4[nH]ccc34)cn2)CN(C2CCN(C(=O)c3ccnc(C(F)(F)F)n3)CC2)C1. The standard InChI is InChI=1S/C26H24F3N9O/c27-26(28,29)24-33-10-3-21(35-24)23(39)36-11-4-18(5-12-36)37-15-25(16-37,6-7-30)38-14-17(13-34-38)19-1-8-31-22-20(19)2-9-32-22/h1-3,8-10,13-14,18H,4-6,11-12,15-16H2,(H,31,32). The second-order valence-electron chi connectivity index (χ2n) is 10.0. The number of likely N-dealkylation sites (tertiary alicyclic amines) is 2. The summed E-state index contributed by atoms with van der Waals surface area (Å²) in [5, 5.41) is 15.2. The number of pyridine rings is 1. The maximum Gasteiger partial charge on any atom is 0.451 e. The average Bonchev–Trinajstić information content (AvgIpc) is 3.60. The number of H-pyrrole nitrogens is 1. The van der Waals surface area contributed by atoms with Gasteiger partial charge in [-0.1, -0.05) is 0 Å². The molecular weight excluding hydrogens is 511 g/mol. The number of carbonyl (C=O) groups is 1. The highest BCUT2D eigenvalue weighted by Crippen LogP contribution is 2.37. The van der Waals surface area contributed by atoms with Crippen molar-refractivity contribution in [2.75, 3.05) is 26.2 Å². The first kappa shape index (κ1) is 25.0. The third-order valence-electron chi connectivity index (χ3n) is 7.64. The first-order chi connectivity index (χ1) is 18.8. The predicted molar refractivity (Wildman–Crippen MR) is 133 cm³/mol. The van der Waals surface area contributed by atoms with Gasteiger partial charge >= 0.3 is 6.18 Å². The van der Waals surface area contributed by atoms with Gasteiger partial charge in [-0.3, -0.25) is 14.4 Å². The maximum atomic E-state index is 13.0. The summed E-state index contributed by atoms with van der Waals surface area (Å²) in [7, 11) is 0. The number of piperidine rings is 1. The summed E-state index contributed by atoms with van der Waals surface area (Å²) in [4.78, 5) is 30.7. The molecule has 0 atom stereocenters. The van der Waals surface area contributed by atoms with E-state index in [4.69, 9.17) is 0 Å². The normalized spacial score (nSPS) is 18.2. The molecule has 10 nitrogen and oxygen atoms in total. The zero-order valence-electron chi connectivity index (χ0n) is 20.8. The largest absolute Gasteiger partial charge is 0.451 e. The number of aromatic nitrogens is 6. The highest BCUT2D eigenvalue weighted by molar-refractivity contribution is 5.93.